The Kier molecular flexibility index (Phi) is 1.64. The van der Waals surface area contributed by atoms with Crippen molar-refractivity contribution in [2.45, 2.75) is 18.9 Å². The predicted molar refractivity (Wildman–Crippen MR) is 58.7 cm³/mol. The molecule has 0 amide bonds. The van der Waals surface area contributed by atoms with Crippen molar-refractivity contribution in [1.82, 2.24) is 4.98 Å². The zero-order valence-corrected chi connectivity index (χ0v) is 8.43. The fourth-order valence-electron chi connectivity index (χ4n) is 2.32. The molecule has 72 valence electrons. The summed E-state index contributed by atoms with van der Waals surface area (Å²) in [5, 5.41) is 2.13. The number of halogens is 1. The summed E-state index contributed by atoms with van der Waals surface area (Å²) in [7, 11) is 0. The summed E-state index contributed by atoms with van der Waals surface area (Å²) in [5.41, 5.74) is 9.66. The molecule has 0 fully saturated rings. The molecule has 14 heavy (non-hydrogen) atoms. The number of aromatic nitrogens is 1. The molecule has 1 aliphatic carbocycles. The highest BCUT2D eigenvalue weighted by molar-refractivity contribution is 6.32. The SMILES string of the molecule is NC1Cc2c[nH]c3ccc(Cl)c(c23)C1. The van der Waals surface area contributed by atoms with E-state index in [-0.39, 0.29) is 6.04 Å². The van der Waals surface area contributed by atoms with E-state index in [2.05, 4.69) is 4.98 Å². The van der Waals surface area contributed by atoms with Gasteiger partial charge in [-0.3, -0.25) is 0 Å². The first-order valence-corrected chi connectivity index (χ1v) is 5.16. The third-order valence-corrected chi connectivity index (χ3v) is 3.28. The van der Waals surface area contributed by atoms with Gasteiger partial charge in [0, 0.05) is 28.2 Å². The highest BCUT2D eigenvalue weighted by Gasteiger charge is 2.20. The van der Waals surface area contributed by atoms with Crippen molar-refractivity contribution in [1.29, 1.82) is 0 Å². The van der Waals surface area contributed by atoms with E-state index >= 15 is 0 Å². The van der Waals surface area contributed by atoms with Crippen LogP contribution in [0.2, 0.25) is 5.02 Å². The average Bonchev–Trinajstić information content (AvgIpc) is 2.55. The molecule has 2 nitrogen and oxygen atoms in total. The van der Waals surface area contributed by atoms with Crippen LogP contribution in [-0.4, -0.2) is 11.0 Å². The summed E-state index contributed by atoms with van der Waals surface area (Å²) in [4.78, 5) is 3.25. The second kappa shape index (κ2) is 2.75. The molecular formula is C11H11ClN2. The highest BCUT2D eigenvalue weighted by Crippen LogP contribution is 2.33. The smallest absolute Gasteiger partial charge is 0.0460 e. The minimum atomic E-state index is 0.210. The van der Waals surface area contributed by atoms with Gasteiger partial charge in [-0.25, -0.2) is 0 Å². The van der Waals surface area contributed by atoms with Gasteiger partial charge < -0.3 is 10.7 Å². The second-order valence-electron chi connectivity index (χ2n) is 3.93. The molecule has 0 spiro atoms. The van der Waals surface area contributed by atoms with Crippen molar-refractivity contribution >= 4 is 22.5 Å². The molecule has 3 rings (SSSR count). The van der Waals surface area contributed by atoms with E-state index < -0.39 is 0 Å². The molecule has 0 radical (unpaired) electrons. The Bertz CT molecular complexity index is 501. The van der Waals surface area contributed by atoms with Crippen LogP contribution in [0.5, 0.6) is 0 Å². The molecule has 3 heteroatoms. The van der Waals surface area contributed by atoms with Crippen molar-refractivity contribution in [3.63, 3.8) is 0 Å². The lowest BCUT2D eigenvalue weighted by Crippen LogP contribution is -2.28. The Morgan fingerprint density at radius 2 is 2.21 bits per heavy atom. The molecule has 0 aliphatic heterocycles. The summed E-state index contributed by atoms with van der Waals surface area (Å²) in [6.45, 7) is 0. The van der Waals surface area contributed by atoms with E-state index in [1.807, 2.05) is 18.3 Å². The summed E-state index contributed by atoms with van der Waals surface area (Å²) in [6, 6.07) is 4.18. The van der Waals surface area contributed by atoms with Crippen LogP contribution >= 0.6 is 11.6 Å². The van der Waals surface area contributed by atoms with Gasteiger partial charge in [0.15, 0.2) is 0 Å². The second-order valence-corrected chi connectivity index (χ2v) is 4.34. The number of aromatic amines is 1. The number of hydrogen-bond acceptors (Lipinski definition) is 1. The van der Waals surface area contributed by atoms with Crippen molar-refractivity contribution in [2.24, 2.45) is 5.73 Å². The van der Waals surface area contributed by atoms with Crippen molar-refractivity contribution in [3.05, 3.63) is 34.5 Å². The van der Waals surface area contributed by atoms with E-state index in [0.717, 1.165) is 17.9 Å². The van der Waals surface area contributed by atoms with Crippen LogP contribution in [0.3, 0.4) is 0 Å². The topological polar surface area (TPSA) is 41.8 Å². The number of hydrogen-bond donors (Lipinski definition) is 2. The van der Waals surface area contributed by atoms with Crippen LogP contribution in [0.15, 0.2) is 18.3 Å². The first-order chi connectivity index (χ1) is 6.75. The molecule has 1 atom stereocenters. The zero-order chi connectivity index (χ0) is 9.71. The van der Waals surface area contributed by atoms with E-state index in [1.54, 1.807) is 0 Å². The lowest BCUT2D eigenvalue weighted by Gasteiger charge is -2.19. The minimum Gasteiger partial charge on any atom is -0.361 e. The van der Waals surface area contributed by atoms with Crippen molar-refractivity contribution < 1.29 is 0 Å². The summed E-state index contributed by atoms with van der Waals surface area (Å²) in [6.07, 6.45) is 3.89. The normalized spacial score (nSPS) is 20.3. The maximum Gasteiger partial charge on any atom is 0.0460 e. The molecule has 2 aromatic rings. The molecule has 1 aromatic carbocycles. The largest absolute Gasteiger partial charge is 0.361 e. The Hall–Kier alpha value is -0.990. The van der Waals surface area contributed by atoms with E-state index in [9.17, 15) is 0 Å². The fourth-order valence-corrected chi connectivity index (χ4v) is 2.56. The Labute approximate surface area is 87.1 Å². The summed E-state index contributed by atoms with van der Waals surface area (Å²) in [5.74, 6) is 0. The first-order valence-electron chi connectivity index (χ1n) is 4.78. The molecular weight excluding hydrogens is 196 g/mol. The fraction of sp³-hybridized carbons (Fsp3) is 0.273. The zero-order valence-electron chi connectivity index (χ0n) is 7.68. The molecule has 1 aromatic heterocycles. The molecule has 1 unspecified atom stereocenters. The maximum atomic E-state index is 6.16. The average molecular weight is 207 g/mol. The third-order valence-electron chi connectivity index (χ3n) is 2.93. The Balaban J connectivity index is 2.41. The first kappa shape index (κ1) is 8.33. The van der Waals surface area contributed by atoms with Gasteiger partial charge in [0.05, 0.1) is 0 Å². The quantitative estimate of drug-likeness (QED) is 0.682. The number of benzene rings is 1. The van der Waals surface area contributed by atoms with Crippen molar-refractivity contribution in [2.75, 3.05) is 0 Å². The summed E-state index contributed by atoms with van der Waals surface area (Å²) >= 11 is 6.16. The number of rotatable bonds is 0. The Morgan fingerprint density at radius 3 is 3.07 bits per heavy atom. The van der Waals surface area contributed by atoms with Gasteiger partial charge in [0.1, 0.15) is 0 Å². The monoisotopic (exact) mass is 206 g/mol. The van der Waals surface area contributed by atoms with Gasteiger partial charge in [-0.15, -0.1) is 0 Å². The van der Waals surface area contributed by atoms with Gasteiger partial charge in [-0.1, -0.05) is 11.6 Å². The lowest BCUT2D eigenvalue weighted by atomic mass is 9.90. The van der Waals surface area contributed by atoms with Crippen LogP contribution in [-0.2, 0) is 12.8 Å². The Morgan fingerprint density at radius 1 is 1.36 bits per heavy atom. The molecule has 0 saturated carbocycles. The molecule has 1 aliphatic rings. The maximum absolute atomic E-state index is 6.16. The molecule has 3 N–H and O–H groups in total. The van der Waals surface area contributed by atoms with Crippen molar-refractivity contribution in [3.8, 4) is 0 Å². The van der Waals surface area contributed by atoms with Gasteiger partial charge in [0.2, 0.25) is 0 Å². The standard InChI is InChI=1S/C11H11ClN2/c12-9-1-2-10-11-6(5-14-10)3-7(13)4-8(9)11/h1-2,5,7,14H,3-4,13H2. The highest BCUT2D eigenvalue weighted by atomic mass is 35.5. The van der Waals surface area contributed by atoms with Gasteiger partial charge in [0.25, 0.3) is 0 Å². The van der Waals surface area contributed by atoms with Crippen LogP contribution in [0.1, 0.15) is 11.1 Å². The van der Waals surface area contributed by atoms with E-state index in [1.165, 1.54) is 22.0 Å². The van der Waals surface area contributed by atoms with E-state index in [4.69, 9.17) is 17.3 Å². The lowest BCUT2D eigenvalue weighted by molar-refractivity contribution is 0.657. The van der Waals surface area contributed by atoms with Crippen LogP contribution < -0.4 is 5.73 Å². The number of nitrogens with two attached hydrogens (primary N) is 1. The number of nitrogens with one attached hydrogen (secondary N) is 1. The van der Waals surface area contributed by atoms with Crippen LogP contribution in [0, 0.1) is 0 Å². The van der Waals surface area contributed by atoms with Gasteiger partial charge in [-0.2, -0.15) is 0 Å². The third kappa shape index (κ3) is 1.01. The molecule has 0 bridgehead atoms. The van der Waals surface area contributed by atoms with Gasteiger partial charge >= 0.3 is 0 Å². The molecule has 0 saturated heterocycles. The van der Waals surface area contributed by atoms with Crippen LogP contribution in [0.4, 0.5) is 0 Å². The molecule has 1 heterocycles. The summed E-state index contributed by atoms with van der Waals surface area (Å²) < 4.78 is 0. The van der Waals surface area contributed by atoms with E-state index in [0.29, 0.717) is 0 Å². The minimum absolute atomic E-state index is 0.210. The predicted octanol–water partition coefficient (Wildman–Crippen LogP) is 2.25. The van der Waals surface area contributed by atoms with Crippen LogP contribution in [0.25, 0.3) is 10.9 Å². The number of H-pyrrole nitrogens is 1. The van der Waals surface area contributed by atoms with Gasteiger partial charge in [-0.05, 0) is 36.1 Å².